The molecular formula is C61H67GeIrN3O-2. The van der Waals surface area contributed by atoms with Crippen LogP contribution in [0.1, 0.15) is 112 Å². The Morgan fingerprint density at radius 3 is 2.03 bits per heavy atom. The van der Waals surface area contributed by atoms with E-state index in [0.29, 0.717) is 11.8 Å². The summed E-state index contributed by atoms with van der Waals surface area (Å²) in [6.07, 6.45) is 0.506. The van der Waals surface area contributed by atoms with Crippen molar-refractivity contribution in [3.05, 3.63) is 167 Å². The summed E-state index contributed by atoms with van der Waals surface area (Å²) in [4.78, 5) is 9.99. The van der Waals surface area contributed by atoms with Gasteiger partial charge in [-0.3, -0.25) is 4.98 Å². The number of nitrogens with zero attached hydrogens (tertiary/aromatic N) is 3. The van der Waals surface area contributed by atoms with Crippen molar-refractivity contribution in [3.63, 3.8) is 0 Å². The number of pyridine rings is 1. The molecule has 0 N–H and O–H groups in total. The van der Waals surface area contributed by atoms with Gasteiger partial charge in [-0.15, -0.1) is 18.2 Å². The molecule has 3 heterocycles. The van der Waals surface area contributed by atoms with Crippen LogP contribution in [0.15, 0.2) is 132 Å². The predicted octanol–water partition coefficient (Wildman–Crippen LogP) is 16.6. The first-order valence-electron chi connectivity index (χ1n) is 24.5. The van der Waals surface area contributed by atoms with Crippen molar-refractivity contribution < 1.29 is 27.3 Å². The maximum atomic E-state index is 8.90. The van der Waals surface area contributed by atoms with Crippen LogP contribution in [-0.2, 0) is 31.9 Å². The molecule has 347 valence electrons. The van der Waals surface area contributed by atoms with E-state index in [4.69, 9.17) is 17.1 Å². The van der Waals surface area contributed by atoms with Gasteiger partial charge in [-0.2, -0.15) is 0 Å². The molecule has 0 saturated carbocycles. The van der Waals surface area contributed by atoms with Crippen LogP contribution in [0.5, 0.6) is 0 Å². The summed E-state index contributed by atoms with van der Waals surface area (Å²) >= 11 is -2.29. The fourth-order valence-electron chi connectivity index (χ4n) is 8.84. The van der Waals surface area contributed by atoms with Crippen LogP contribution in [0.4, 0.5) is 0 Å². The van der Waals surface area contributed by atoms with Gasteiger partial charge in [0.1, 0.15) is 5.58 Å². The molecule has 0 aliphatic rings. The monoisotopic (exact) mass is 1130 g/mol. The molecule has 0 spiro atoms. The van der Waals surface area contributed by atoms with Crippen molar-refractivity contribution >= 4 is 50.6 Å². The van der Waals surface area contributed by atoms with Gasteiger partial charge in [0.25, 0.3) is 0 Å². The maximum absolute atomic E-state index is 8.90. The molecule has 0 aliphatic heterocycles. The van der Waals surface area contributed by atoms with Gasteiger partial charge in [0.15, 0.2) is 0 Å². The molecule has 0 fully saturated rings. The molecule has 6 heteroatoms. The van der Waals surface area contributed by atoms with Crippen molar-refractivity contribution in [2.45, 2.75) is 117 Å². The molecule has 67 heavy (non-hydrogen) atoms. The first kappa shape index (κ1) is 47.0. The fraction of sp³-hybridized carbons (Fsp3) is 0.311. The van der Waals surface area contributed by atoms with Crippen LogP contribution < -0.4 is 4.40 Å². The number of para-hydroxylation sites is 2. The topological polar surface area (TPSA) is 43.9 Å². The second-order valence-corrected chi connectivity index (χ2v) is 32.2. The number of rotatable bonds is 8. The third-order valence-electron chi connectivity index (χ3n) is 12.3. The molecule has 1 radical (unpaired) electrons. The quantitative estimate of drug-likeness (QED) is 0.112. The summed E-state index contributed by atoms with van der Waals surface area (Å²) in [7, 11) is 0. The van der Waals surface area contributed by atoms with Crippen molar-refractivity contribution in [3.8, 4) is 39.5 Å². The van der Waals surface area contributed by atoms with Crippen molar-refractivity contribution in [2.75, 3.05) is 0 Å². The van der Waals surface area contributed by atoms with Crippen LogP contribution in [0, 0.1) is 24.5 Å². The Balaban J connectivity index is 0.000000220. The van der Waals surface area contributed by atoms with E-state index in [2.05, 4.69) is 192 Å². The largest absolute Gasteiger partial charge is 0 e. The Kier molecular flexibility index (Phi) is 13.7. The van der Waals surface area contributed by atoms with Crippen LogP contribution >= 0.6 is 0 Å². The first-order chi connectivity index (χ1) is 32.0. The zero-order chi connectivity index (χ0) is 49.1. The van der Waals surface area contributed by atoms with E-state index in [1.54, 1.807) is 0 Å². The zero-order valence-corrected chi connectivity index (χ0v) is 46.4. The second kappa shape index (κ2) is 19.5. The Labute approximate surface area is 419 Å². The van der Waals surface area contributed by atoms with Gasteiger partial charge >= 0.3 is 160 Å². The van der Waals surface area contributed by atoms with Gasteiger partial charge in [-0.25, -0.2) is 0 Å². The van der Waals surface area contributed by atoms with Crippen LogP contribution in [-0.4, -0.2) is 27.8 Å². The van der Waals surface area contributed by atoms with Crippen molar-refractivity contribution in [1.29, 1.82) is 0 Å². The SMILES string of the molecule is Cc1ccc2c(c1)oc1c(-c3nc4ccccc4n3-c3c(C(C)C)cc(-c4ccccc4)cc3C(C)C)[c-]ccc12.[2H]C([2H])(c1cc(-c2[c-]ccc(C(C)(C)C)c2)nc[c]1[Ge]([CH3])([CH3])[CH3])C(C)(C)C.[Ir]. The summed E-state index contributed by atoms with van der Waals surface area (Å²) < 4.78 is 27.9. The number of furan rings is 1. The van der Waals surface area contributed by atoms with Crippen LogP contribution in [0.25, 0.3) is 72.4 Å². The molecule has 9 aromatic rings. The van der Waals surface area contributed by atoms with Crippen molar-refractivity contribution in [1.82, 2.24) is 14.5 Å². The van der Waals surface area contributed by atoms with Crippen molar-refractivity contribution in [2.24, 2.45) is 5.41 Å². The third-order valence-corrected chi connectivity index (χ3v) is 16.5. The number of aromatic nitrogens is 3. The van der Waals surface area contributed by atoms with E-state index in [0.717, 1.165) is 65.6 Å². The summed E-state index contributed by atoms with van der Waals surface area (Å²) in [6.45, 7) is 23.7. The van der Waals surface area contributed by atoms with Gasteiger partial charge in [0.05, 0.1) is 22.4 Å². The molecule has 9 rings (SSSR count). The van der Waals surface area contributed by atoms with E-state index in [-0.39, 0.29) is 25.5 Å². The van der Waals surface area contributed by atoms with E-state index in [9.17, 15) is 0 Å². The summed E-state index contributed by atoms with van der Waals surface area (Å²) in [5.41, 5.74) is 15.4. The number of fused-ring (bicyclic) bond motifs is 4. The molecule has 0 saturated heterocycles. The molecule has 4 nitrogen and oxygen atoms in total. The fourth-order valence-corrected chi connectivity index (χ4v) is 11.8. The Hall–Kier alpha value is -5.07. The third kappa shape index (κ3) is 10.7. The van der Waals surface area contributed by atoms with E-state index in [1.165, 1.54) is 39.1 Å². The second-order valence-electron chi connectivity index (χ2n) is 21.6. The Morgan fingerprint density at radius 1 is 0.731 bits per heavy atom. The number of imidazole rings is 1. The smallest absolute Gasteiger partial charge is 0 e. The molecule has 0 atom stereocenters. The van der Waals surface area contributed by atoms with E-state index in [1.807, 2.05) is 45.2 Å². The number of hydrogen-bond acceptors (Lipinski definition) is 3. The molecule has 3 aromatic heterocycles. The summed E-state index contributed by atoms with van der Waals surface area (Å²) in [6, 6.07) is 49.3. The minimum Gasteiger partial charge on any atom is 0 e. The summed E-state index contributed by atoms with van der Waals surface area (Å²) in [5, 5.41) is 2.20. The number of benzene rings is 6. The van der Waals surface area contributed by atoms with Gasteiger partial charge < -0.3 is 8.98 Å². The van der Waals surface area contributed by atoms with Gasteiger partial charge in [0.2, 0.25) is 0 Å². The Morgan fingerprint density at radius 2 is 1.39 bits per heavy atom. The molecular weight excluding hydrogens is 1060 g/mol. The van der Waals surface area contributed by atoms with E-state index >= 15 is 0 Å². The molecule has 6 aromatic carbocycles. The van der Waals surface area contributed by atoms with Gasteiger partial charge in [0, 0.05) is 31.2 Å². The summed E-state index contributed by atoms with van der Waals surface area (Å²) in [5.74, 6) is 8.34. The van der Waals surface area contributed by atoms with Gasteiger partial charge in [-0.05, 0) is 76.9 Å². The average Bonchev–Trinajstić information content (AvgIpc) is 3.86. The number of aryl methyl sites for hydroxylation is 1. The van der Waals surface area contributed by atoms with Gasteiger partial charge in [-0.1, -0.05) is 93.2 Å². The minimum atomic E-state index is -2.29. The molecule has 0 bridgehead atoms. The van der Waals surface area contributed by atoms with E-state index < -0.39 is 25.1 Å². The molecule has 0 amide bonds. The minimum absolute atomic E-state index is 0. The molecule has 0 aliphatic carbocycles. The standard InChI is InChI=1S/C38H33N2O.C23H34GeN.Ir/c1-23(2)31-21-27(26-12-7-6-8-13-26)22-32(24(3)4)36(31)40-34-17-10-9-16-33(34)39-38(40)30-15-11-14-29-28-19-18-25(5)20-35(28)41-37(29)30;1-22(2,3)15-18-14-21(25-16-20(18)24(7,8)9)17-11-10-12-19(13-17)23(4,5)6;/h6-14,16-24H,1-5H3;10,12-14,16H,15H2,1-9H3;/q2*-1;/i;15D2;. The predicted molar refractivity (Wildman–Crippen MR) is 284 cm³/mol. The first-order valence-corrected chi connectivity index (χ1v) is 30.9. The Bertz CT molecular complexity index is 3260. The van der Waals surface area contributed by atoms with Crippen LogP contribution in [0.3, 0.4) is 0 Å². The van der Waals surface area contributed by atoms with Crippen LogP contribution in [0.2, 0.25) is 17.3 Å². The molecule has 0 unspecified atom stereocenters. The normalized spacial score (nSPS) is 12.9. The zero-order valence-electron chi connectivity index (χ0n) is 43.9. The maximum Gasteiger partial charge on any atom is 0 e. The number of hydrogen-bond donors (Lipinski definition) is 0. The average molecular weight is 1130 g/mol.